The fraction of sp³-hybridized carbons (Fsp3) is 0.267. The van der Waals surface area contributed by atoms with Crippen LogP contribution in [0.5, 0.6) is 5.88 Å². The van der Waals surface area contributed by atoms with Gasteiger partial charge in [0.15, 0.2) is 0 Å². The molecule has 5 aromatic rings. The lowest BCUT2D eigenvalue weighted by molar-refractivity contribution is -0.142. The number of aryl methyl sites for hydroxylation is 1. The Morgan fingerprint density at radius 2 is 1.84 bits per heavy atom. The highest BCUT2D eigenvalue weighted by Gasteiger charge is 2.38. The van der Waals surface area contributed by atoms with E-state index in [-0.39, 0.29) is 39.7 Å². The average Bonchev–Trinajstić information content (AvgIpc) is 3.27. The maximum Gasteiger partial charge on any atom is 0.438 e. The molecule has 6 rings (SSSR count). The van der Waals surface area contributed by atoms with Crippen LogP contribution in [0.3, 0.4) is 0 Å². The van der Waals surface area contributed by atoms with Gasteiger partial charge in [-0.15, -0.1) is 0 Å². The molecule has 3 heterocycles. The van der Waals surface area contributed by atoms with Crippen molar-refractivity contribution < 1.29 is 36.9 Å². The highest BCUT2D eigenvalue weighted by molar-refractivity contribution is 6.30. The fourth-order valence-electron chi connectivity index (χ4n) is 4.99. The standard InChI is InChI=1S/C30H23ClF4N4O4/c1-15-16(11-25-36-22-6-4-17(29(40)41)10-24(22)39(25)13-20-8-9-42-20)3-7-23-26(15)38-28(27(37-23)30(33,34)35)43-14-18-2-5-19(31)12-21(18)32/h2-7,10,12,20H,8-9,11,13-14H2,1H3,(H,40,41)/t20-/m0/s1. The summed E-state index contributed by atoms with van der Waals surface area (Å²) in [5, 5.41) is 9.64. The number of nitrogens with zero attached hydrogens (tertiary/aromatic N) is 4. The largest absolute Gasteiger partial charge is 0.478 e. The van der Waals surface area contributed by atoms with Crippen LogP contribution >= 0.6 is 11.6 Å². The van der Waals surface area contributed by atoms with E-state index in [0.29, 0.717) is 35.6 Å². The Labute approximate surface area is 246 Å². The molecule has 1 atom stereocenters. The summed E-state index contributed by atoms with van der Waals surface area (Å²) in [6, 6.07) is 11.6. The minimum absolute atomic E-state index is 0.00490. The average molecular weight is 615 g/mol. The van der Waals surface area contributed by atoms with Crippen molar-refractivity contribution in [3.8, 4) is 5.88 Å². The second-order valence-electron chi connectivity index (χ2n) is 10.2. The Bertz CT molecular complexity index is 1890. The Morgan fingerprint density at radius 3 is 2.51 bits per heavy atom. The van der Waals surface area contributed by atoms with Gasteiger partial charge in [0.1, 0.15) is 18.2 Å². The van der Waals surface area contributed by atoms with Crippen LogP contribution in [0.4, 0.5) is 17.6 Å². The summed E-state index contributed by atoms with van der Waals surface area (Å²) >= 11 is 5.77. The van der Waals surface area contributed by atoms with Gasteiger partial charge >= 0.3 is 12.1 Å². The molecule has 1 aliphatic heterocycles. The highest BCUT2D eigenvalue weighted by atomic mass is 35.5. The van der Waals surface area contributed by atoms with Crippen LogP contribution in [0.25, 0.3) is 22.1 Å². The number of hydrogen-bond donors (Lipinski definition) is 1. The zero-order valence-corrected chi connectivity index (χ0v) is 23.3. The molecular weight excluding hydrogens is 592 g/mol. The number of aromatic carboxylic acids is 1. The molecule has 2 aromatic heterocycles. The number of hydrogen-bond acceptors (Lipinski definition) is 6. The van der Waals surface area contributed by atoms with Crippen molar-refractivity contribution in [1.82, 2.24) is 19.5 Å². The Balaban J connectivity index is 1.39. The van der Waals surface area contributed by atoms with E-state index >= 15 is 0 Å². The summed E-state index contributed by atoms with van der Waals surface area (Å²) in [5.41, 5.74) is 1.55. The van der Waals surface area contributed by atoms with E-state index in [1.807, 2.05) is 4.57 Å². The minimum atomic E-state index is -4.87. The van der Waals surface area contributed by atoms with Crippen LogP contribution in [0.1, 0.15) is 45.0 Å². The molecule has 0 unspecified atom stereocenters. The molecule has 1 saturated heterocycles. The molecule has 13 heteroatoms. The van der Waals surface area contributed by atoms with Gasteiger partial charge in [-0.25, -0.2) is 24.1 Å². The van der Waals surface area contributed by atoms with E-state index in [4.69, 9.17) is 26.1 Å². The van der Waals surface area contributed by atoms with Gasteiger partial charge in [0, 0.05) is 23.6 Å². The minimum Gasteiger partial charge on any atom is -0.478 e. The first-order valence-electron chi connectivity index (χ1n) is 13.3. The van der Waals surface area contributed by atoms with E-state index in [0.717, 1.165) is 18.1 Å². The molecule has 43 heavy (non-hydrogen) atoms. The van der Waals surface area contributed by atoms with Crippen molar-refractivity contribution in [3.05, 3.63) is 93.1 Å². The number of aromatic nitrogens is 4. The van der Waals surface area contributed by atoms with Crippen LogP contribution in [-0.4, -0.2) is 43.3 Å². The summed E-state index contributed by atoms with van der Waals surface area (Å²) < 4.78 is 69.0. The predicted octanol–water partition coefficient (Wildman–Crippen LogP) is 6.76. The number of halogens is 5. The molecule has 0 saturated carbocycles. The molecule has 222 valence electrons. The van der Waals surface area contributed by atoms with Gasteiger partial charge in [0.05, 0.1) is 40.3 Å². The first kappa shape index (κ1) is 28.8. The van der Waals surface area contributed by atoms with Gasteiger partial charge in [0.2, 0.25) is 11.6 Å². The van der Waals surface area contributed by atoms with Crippen molar-refractivity contribution in [2.45, 2.75) is 45.2 Å². The summed E-state index contributed by atoms with van der Waals surface area (Å²) in [7, 11) is 0. The number of carboxylic acid groups (broad SMARTS) is 1. The first-order chi connectivity index (χ1) is 20.5. The molecule has 0 bridgehead atoms. The van der Waals surface area contributed by atoms with Gasteiger partial charge in [0.25, 0.3) is 0 Å². The van der Waals surface area contributed by atoms with Crippen LogP contribution in [0.2, 0.25) is 5.02 Å². The van der Waals surface area contributed by atoms with Crippen molar-refractivity contribution in [1.29, 1.82) is 0 Å². The molecule has 0 radical (unpaired) electrons. The lowest BCUT2D eigenvalue weighted by atomic mass is 10.0. The number of carboxylic acids is 1. The molecule has 3 aromatic carbocycles. The molecule has 1 aliphatic rings. The van der Waals surface area contributed by atoms with Gasteiger partial charge in [-0.05, 0) is 60.9 Å². The molecular formula is C30H23ClF4N4O4. The Hall–Kier alpha value is -4.29. The molecule has 0 aliphatic carbocycles. The first-order valence-corrected chi connectivity index (χ1v) is 13.6. The maximum atomic E-state index is 14.3. The number of carbonyl (C=O) groups is 1. The van der Waals surface area contributed by atoms with Crippen LogP contribution in [-0.2, 0) is 30.5 Å². The number of fused-ring (bicyclic) bond motifs is 2. The van der Waals surface area contributed by atoms with E-state index in [1.165, 1.54) is 24.3 Å². The third-order valence-electron chi connectivity index (χ3n) is 7.42. The number of alkyl halides is 3. The van der Waals surface area contributed by atoms with Crippen LogP contribution < -0.4 is 4.74 Å². The normalized spacial score (nSPS) is 15.2. The second-order valence-corrected chi connectivity index (χ2v) is 10.7. The van der Waals surface area contributed by atoms with E-state index in [1.54, 1.807) is 25.1 Å². The smallest absolute Gasteiger partial charge is 0.438 e. The second kappa shape index (κ2) is 11.1. The summed E-state index contributed by atoms with van der Waals surface area (Å²) in [6.07, 6.45) is -3.78. The third kappa shape index (κ3) is 5.72. The van der Waals surface area contributed by atoms with Crippen molar-refractivity contribution in [2.75, 3.05) is 6.61 Å². The van der Waals surface area contributed by atoms with Crippen molar-refractivity contribution in [3.63, 3.8) is 0 Å². The van der Waals surface area contributed by atoms with Crippen molar-refractivity contribution in [2.24, 2.45) is 0 Å². The molecule has 1 N–H and O–H groups in total. The fourth-order valence-corrected chi connectivity index (χ4v) is 5.15. The lowest BCUT2D eigenvalue weighted by Crippen LogP contribution is -2.31. The summed E-state index contributed by atoms with van der Waals surface area (Å²) in [4.78, 5) is 24.4. The summed E-state index contributed by atoms with van der Waals surface area (Å²) in [5.74, 6) is -1.93. The number of rotatable bonds is 8. The van der Waals surface area contributed by atoms with Crippen molar-refractivity contribution >= 4 is 39.6 Å². The van der Waals surface area contributed by atoms with Crippen LogP contribution in [0, 0.1) is 12.7 Å². The monoisotopic (exact) mass is 614 g/mol. The molecule has 0 spiro atoms. The number of ether oxygens (including phenoxy) is 2. The zero-order valence-electron chi connectivity index (χ0n) is 22.6. The predicted molar refractivity (Wildman–Crippen MR) is 149 cm³/mol. The maximum absolute atomic E-state index is 14.3. The van der Waals surface area contributed by atoms with Gasteiger partial charge in [-0.3, -0.25) is 0 Å². The van der Waals surface area contributed by atoms with Crippen LogP contribution in [0.15, 0.2) is 48.5 Å². The Kier molecular flexibility index (Phi) is 7.43. The number of benzene rings is 3. The topological polar surface area (TPSA) is 99.4 Å². The lowest BCUT2D eigenvalue weighted by Gasteiger charge is -2.27. The molecule has 0 amide bonds. The van der Waals surface area contributed by atoms with E-state index < -0.39 is 36.1 Å². The molecule has 8 nitrogen and oxygen atoms in total. The Morgan fingerprint density at radius 1 is 1.09 bits per heavy atom. The van der Waals surface area contributed by atoms with Gasteiger partial charge in [-0.2, -0.15) is 13.2 Å². The van der Waals surface area contributed by atoms with Gasteiger partial charge < -0.3 is 19.1 Å². The summed E-state index contributed by atoms with van der Waals surface area (Å²) in [6.45, 7) is 2.31. The SMILES string of the molecule is Cc1c(Cc2nc3ccc(C(=O)O)cc3n2C[C@@H]2CCO2)ccc2nc(C(F)(F)F)c(OCc3ccc(Cl)cc3F)nc12. The van der Waals surface area contributed by atoms with E-state index in [2.05, 4.69) is 9.97 Å². The quantitative estimate of drug-likeness (QED) is 0.193. The number of imidazole rings is 1. The van der Waals surface area contributed by atoms with Gasteiger partial charge in [-0.1, -0.05) is 23.7 Å². The molecule has 1 fully saturated rings. The highest BCUT2D eigenvalue weighted by Crippen LogP contribution is 2.36. The van der Waals surface area contributed by atoms with E-state index in [9.17, 15) is 27.5 Å². The third-order valence-corrected chi connectivity index (χ3v) is 7.66. The zero-order chi connectivity index (χ0) is 30.5.